The Morgan fingerprint density at radius 3 is 2.19 bits per heavy atom. The van der Waals surface area contributed by atoms with Gasteiger partial charge in [-0.05, 0) is 50.4 Å². The molecule has 0 atom stereocenters. The topological polar surface area (TPSA) is 44.0 Å². The van der Waals surface area contributed by atoms with Crippen LogP contribution in [0.3, 0.4) is 0 Å². The van der Waals surface area contributed by atoms with Crippen LogP contribution >= 0.6 is 0 Å². The molecule has 138 valence electrons. The van der Waals surface area contributed by atoms with Crippen LogP contribution < -0.4 is 11.0 Å². The lowest BCUT2D eigenvalue weighted by Gasteiger charge is -2.13. The summed E-state index contributed by atoms with van der Waals surface area (Å²) >= 11 is 0. The normalized spacial score (nSPS) is 10.8. The van der Waals surface area contributed by atoms with Gasteiger partial charge in [-0.1, -0.05) is 30.3 Å². The van der Waals surface area contributed by atoms with Gasteiger partial charge in [0.2, 0.25) is 0 Å². The van der Waals surface area contributed by atoms with E-state index < -0.39 is 0 Å². The van der Waals surface area contributed by atoms with E-state index in [1.807, 2.05) is 67.7 Å². The largest absolute Gasteiger partial charge is 0.345 e. The summed E-state index contributed by atoms with van der Waals surface area (Å²) in [4.78, 5) is 23.0. The van der Waals surface area contributed by atoms with Crippen molar-refractivity contribution in [1.29, 1.82) is 0 Å². The van der Waals surface area contributed by atoms with E-state index in [4.69, 9.17) is 0 Å². The van der Waals surface area contributed by atoms with Gasteiger partial charge >= 0.3 is 0 Å². The van der Waals surface area contributed by atoms with E-state index in [9.17, 15) is 9.59 Å². The van der Waals surface area contributed by atoms with Crippen molar-refractivity contribution in [2.45, 2.75) is 33.4 Å². The number of fused-ring (bicyclic) bond motifs is 2. The second kappa shape index (κ2) is 8.04. The fraction of sp³-hybridized carbons (Fsp3) is 0.217. The third kappa shape index (κ3) is 3.85. The predicted octanol–water partition coefficient (Wildman–Crippen LogP) is 4.60. The maximum absolute atomic E-state index is 11.5. The molecule has 2 heterocycles. The molecular weight excluding hydrogens is 336 g/mol. The number of rotatable bonds is 2. The molecule has 0 amide bonds. The molecule has 0 aliphatic heterocycles. The number of hydrogen-bond acceptors (Lipinski definition) is 2. The van der Waals surface area contributed by atoms with Gasteiger partial charge in [0.05, 0.1) is 11.0 Å². The molecule has 0 N–H and O–H groups in total. The average molecular weight is 360 g/mol. The highest BCUT2D eigenvalue weighted by Gasteiger charge is 2.03. The van der Waals surface area contributed by atoms with E-state index in [1.54, 1.807) is 16.7 Å². The maximum atomic E-state index is 11.5. The second-order valence-electron chi connectivity index (χ2n) is 6.67. The number of hydrogen-bond donors (Lipinski definition) is 0. The van der Waals surface area contributed by atoms with Crippen LogP contribution in [0.5, 0.6) is 0 Å². The molecule has 0 aliphatic carbocycles. The highest BCUT2D eigenvalue weighted by Crippen LogP contribution is 2.14. The van der Waals surface area contributed by atoms with Crippen molar-refractivity contribution in [3.05, 3.63) is 93.5 Å². The van der Waals surface area contributed by atoms with Crippen LogP contribution in [0.15, 0.2) is 82.5 Å². The van der Waals surface area contributed by atoms with E-state index in [0.29, 0.717) is 6.04 Å². The molecule has 2 aromatic carbocycles. The van der Waals surface area contributed by atoms with Crippen LogP contribution in [0.2, 0.25) is 0 Å². The minimum Gasteiger partial charge on any atom is -0.345 e. The van der Waals surface area contributed by atoms with Gasteiger partial charge in [-0.3, -0.25) is 9.59 Å². The fourth-order valence-corrected chi connectivity index (χ4v) is 3.25. The highest BCUT2D eigenvalue weighted by atomic mass is 16.1. The molecule has 0 aliphatic rings. The van der Waals surface area contributed by atoms with Gasteiger partial charge in [-0.15, -0.1) is 0 Å². The van der Waals surface area contributed by atoms with Crippen molar-refractivity contribution in [2.75, 3.05) is 0 Å². The monoisotopic (exact) mass is 360 g/mol. The van der Waals surface area contributed by atoms with E-state index in [0.717, 1.165) is 28.4 Å². The third-order valence-corrected chi connectivity index (χ3v) is 4.61. The molecule has 4 heteroatoms. The standard InChI is InChI=1S/C12H13NO.C11H11NO/c1-9(2)13-8-7-12(14)10-5-3-4-6-11(10)13;1-2-12-10-6-4-3-5-9(10)7-8-11(12)13/h3-9H,1-2H3;3-8H,2H2,1H3. The van der Waals surface area contributed by atoms with Gasteiger partial charge in [0, 0.05) is 36.3 Å². The van der Waals surface area contributed by atoms with Crippen LogP contribution in [0.4, 0.5) is 0 Å². The molecule has 0 saturated heterocycles. The Morgan fingerprint density at radius 1 is 0.815 bits per heavy atom. The Bertz CT molecular complexity index is 1190. The van der Waals surface area contributed by atoms with Gasteiger partial charge in [-0.2, -0.15) is 0 Å². The van der Waals surface area contributed by atoms with Gasteiger partial charge in [0.25, 0.3) is 5.56 Å². The molecule has 0 unspecified atom stereocenters. The molecular formula is C23H24N2O2. The maximum Gasteiger partial charge on any atom is 0.250 e. The van der Waals surface area contributed by atoms with Crippen LogP contribution in [0, 0.1) is 0 Å². The van der Waals surface area contributed by atoms with Crippen LogP contribution in [0.25, 0.3) is 21.8 Å². The van der Waals surface area contributed by atoms with Crippen molar-refractivity contribution >= 4 is 21.8 Å². The zero-order chi connectivity index (χ0) is 19.4. The summed E-state index contributed by atoms with van der Waals surface area (Å²) < 4.78 is 3.88. The number of pyridine rings is 2. The van der Waals surface area contributed by atoms with Crippen LogP contribution in [-0.4, -0.2) is 9.13 Å². The summed E-state index contributed by atoms with van der Waals surface area (Å²) in [6.45, 7) is 6.92. The van der Waals surface area contributed by atoms with E-state index in [2.05, 4.69) is 18.4 Å². The summed E-state index contributed by atoms with van der Waals surface area (Å²) in [6.07, 6.45) is 1.86. The second-order valence-corrected chi connectivity index (χ2v) is 6.67. The molecule has 4 aromatic rings. The van der Waals surface area contributed by atoms with Crippen LogP contribution in [0.1, 0.15) is 26.8 Å². The summed E-state index contributed by atoms with van der Waals surface area (Å²) in [7, 11) is 0. The van der Waals surface area contributed by atoms with Gasteiger partial charge in [-0.25, -0.2) is 0 Å². The van der Waals surface area contributed by atoms with E-state index in [1.165, 1.54) is 0 Å². The highest BCUT2D eigenvalue weighted by molar-refractivity contribution is 5.79. The Hall–Kier alpha value is -3.14. The fourth-order valence-electron chi connectivity index (χ4n) is 3.25. The molecule has 27 heavy (non-hydrogen) atoms. The predicted molar refractivity (Wildman–Crippen MR) is 112 cm³/mol. The molecule has 0 saturated carbocycles. The quantitative estimate of drug-likeness (QED) is 0.524. The van der Waals surface area contributed by atoms with Gasteiger partial charge in [0.1, 0.15) is 0 Å². The zero-order valence-electron chi connectivity index (χ0n) is 15.9. The lowest BCUT2D eigenvalue weighted by molar-refractivity contribution is 0.618. The molecule has 4 nitrogen and oxygen atoms in total. The minimum atomic E-state index is 0.0706. The number of aromatic nitrogens is 2. The van der Waals surface area contributed by atoms with Gasteiger partial charge < -0.3 is 9.13 Å². The van der Waals surface area contributed by atoms with Crippen molar-refractivity contribution in [3.63, 3.8) is 0 Å². The first-order chi connectivity index (χ1) is 13.0. The molecule has 0 bridgehead atoms. The van der Waals surface area contributed by atoms with Crippen molar-refractivity contribution < 1.29 is 0 Å². The lowest BCUT2D eigenvalue weighted by Crippen LogP contribution is -2.17. The summed E-state index contributed by atoms with van der Waals surface area (Å²) in [5.41, 5.74) is 2.19. The van der Waals surface area contributed by atoms with Crippen molar-refractivity contribution in [2.24, 2.45) is 0 Å². The smallest absolute Gasteiger partial charge is 0.250 e. The number of nitrogens with zero attached hydrogens (tertiary/aromatic N) is 2. The van der Waals surface area contributed by atoms with Crippen LogP contribution in [-0.2, 0) is 6.54 Å². The first-order valence-corrected chi connectivity index (χ1v) is 9.21. The molecule has 2 aromatic heterocycles. The SMILES string of the molecule is CC(C)n1ccc(=O)c2ccccc21.CCn1c(=O)ccc2ccccc21. The molecule has 4 rings (SSSR count). The number of para-hydroxylation sites is 2. The average Bonchev–Trinajstić information content (AvgIpc) is 2.69. The Morgan fingerprint density at radius 2 is 1.48 bits per heavy atom. The lowest BCUT2D eigenvalue weighted by atomic mass is 10.2. The number of benzene rings is 2. The van der Waals surface area contributed by atoms with E-state index in [-0.39, 0.29) is 11.0 Å². The zero-order valence-corrected chi connectivity index (χ0v) is 15.9. The molecule has 0 spiro atoms. The Labute approximate surface area is 158 Å². The van der Waals surface area contributed by atoms with Crippen molar-refractivity contribution in [1.82, 2.24) is 9.13 Å². The Balaban J connectivity index is 0.000000156. The van der Waals surface area contributed by atoms with Gasteiger partial charge in [0.15, 0.2) is 5.43 Å². The summed E-state index contributed by atoms with van der Waals surface area (Å²) in [5, 5.41) is 1.91. The Kier molecular flexibility index (Phi) is 5.55. The minimum absolute atomic E-state index is 0.0706. The number of aryl methyl sites for hydroxylation is 1. The van der Waals surface area contributed by atoms with Crippen molar-refractivity contribution in [3.8, 4) is 0 Å². The first kappa shape index (κ1) is 18.6. The molecule has 0 fully saturated rings. The third-order valence-electron chi connectivity index (χ3n) is 4.61. The van der Waals surface area contributed by atoms with E-state index >= 15 is 0 Å². The summed E-state index contributed by atoms with van der Waals surface area (Å²) in [5.74, 6) is 0. The first-order valence-electron chi connectivity index (χ1n) is 9.21. The molecule has 0 radical (unpaired) electrons. The summed E-state index contributed by atoms with van der Waals surface area (Å²) in [6, 6.07) is 21.1.